The highest BCUT2D eigenvalue weighted by molar-refractivity contribution is 5.76. The number of aryl methyl sites for hydroxylation is 1. The van der Waals surface area contributed by atoms with E-state index in [1.165, 1.54) is 27.8 Å². The molecule has 3 aliphatic heterocycles. The zero-order chi connectivity index (χ0) is 29.2. The average Bonchev–Trinajstić information content (AvgIpc) is 3.67. The van der Waals surface area contributed by atoms with Gasteiger partial charge in [-0.2, -0.15) is 0 Å². The molecule has 4 atom stereocenters. The molecule has 1 aliphatic carbocycles. The maximum atomic E-state index is 11.1. The lowest BCUT2D eigenvalue weighted by Crippen LogP contribution is -2.27. The standard InChI is InChI=1S/C32H32O7.C3H6/c1-18-11-28(39-29-17-38-32-26(29)9-10-35-32)24-7-8-25(24)31(18)20-4-2-3-19(12-20)15-36-22-5-6-23-21(13-30(33)34)16-37-27(23)14-22;1-3-2/h2-6,11-12,14,21,26,29,32H,7-10,13,15-17H2,1H3,(H,33,34);3H,1H2,2H3/t21-,26+,29-,32-;/m1./s1. The Bertz CT molecular complexity index is 1480. The van der Waals surface area contributed by atoms with Gasteiger partial charge in [0, 0.05) is 17.5 Å². The van der Waals surface area contributed by atoms with Gasteiger partial charge in [-0.15, -0.1) is 6.58 Å². The predicted octanol–water partition coefficient (Wildman–Crippen LogP) is 6.62. The first-order valence-corrected chi connectivity index (χ1v) is 14.8. The van der Waals surface area contributed by atoms with E-state index in [0.717, 1.165) is 42.7 Å². The number of carboxylic acid groups (broad SMARTS) is 1. The number of rotatable bonds is 8. The molecule has 1 N–H and O–H groups in total. The Balaban J connectivity index is 0.00000101. The highest BCUT2D eigenvalue weighted by Crippen LogP contribution is 2.44. The Morgan fingerprint density at radius 2 is 1.93 bits per heavy atom. The lowest BCUT2D eigenvalue weighted by Gasteiger charge is -2.30. The molecule has 42 heavy (non-hydrogen) atoms. The van der Waals surface area contributed by atoms with E-state index in [1.54, 1.807) is 6.08 Å². The van der Waals surface area contributed by atoms with Gasteiger partial charge in [0.25, 0.3) is 0 Å². The molecule has 0 spiro atoms. The molecule has 2 fully saturated rings. The minimum atomic E-state index is -0.815. The van der Waals surface area contributed by atoms with Crippen molar-refractivity contribution in [2.24, 2.45) is 5.92 Å². The van der Waals surface area contributed by atoms with Crippen LogP contribution in [0, 0.1) is 12.8 Å². The molecule has 7 heteroatoms. The minimum Gasteiger partial charge on any atom is -0.492 e. The summed E-state index contributed by atoms with van der Waals surface area (Å²) in [6, 6.07) is 16.4. The number of carboxylic acids is 1. The van der Waals surface area contributed by atoms with Crippen molar-refractivity contribution in [1.29, 1.82) is 0 Å². The van der Waals surface area contributed by atoms with Gasteiger partial charge in [-0.3, -0.25) is 4.79 Å². The van der Waals surface area contributed by atoms with Gasteiger partial charge >= 0.3 is 5.97 Å². The van der Waals surface area contributed by atoms with Gasteiger partial charge in [0.2, 0.25) is 0 Å². The van der Waals surface area contributed by atoms with Crippen LogP contribution in [-0.4, -0.2) is 43.3 Å². The van der Waals surface area contributed by atoms with Crippen LogP contribution in [0.4, 0.5) is 0 Å². The maximum Gasteiger partial charge on any atom is 0.304 e. The molecule has 3 heterocycles. The molecule has 0 saturated carbocycles. The summed E-state index contributed by atoms with van der Waals surface area (Å²) in [6.45, 7) is 9.58. The SMILES string of the molecule is C=CC.Cc1cc(O[C@@H]2CO[C@H]3OCC[C@H]32)c2c(c1-c1cccc(COc3ccc4c(c3)OC[C@H]4CC(=O)O)c1)CC2. The normalized spacial score (nSPS) is 22.9. The van der Waals surface area contributed by atoms with Crippen molar-refractivity contribution >= 4 is 5.97 Å². The van der Waals surface area contributed by atoms with E-state index >= 15 is 0 Å². The third-order valence-corrected chi connectivity index (χ3v) is 8.50. The fourth-order valence-corrected chi connectivity index (χ4v) is 6.44. The van der Waals surface area contributed by atoms with Crippen molar-refractivity contribution in [2.45, 2.75) is 64.4 Å². The quantitative estimate of drug-likeness (QED) is 0.305. The van der Waals surface area contributed by atoms with Crippen LogP contribution in [0.15, 0.2) is 61.2 Å². The Hall–Kier alpha value is -3.81. The molecule has 2 saturated heterocycles. The highest BCUT2D eigenvalue weighted by atomic mass is 16.7. The number of hydrogen-bond acceptors (Lipinski definition) is 6. The van der Waals surface area contributed by atoms with Gasteiger partial charge in [-0.25, -0.2) is 0 Å². The molecule has 7 rings (SSSR count). The molecule has 0 amide bonds. The van der Waals surface area contributed by atoms with Crippen molar-refractivity contribution in [3.8, 4) is 28.4 Å². The van der Waals surface area contributed by atoms with Gasteiger partial charge in [-0.05, 0) is 84.7 Å². The van der Waals surface area contributed by atoms with Crippen LogP contribution < -0.4 is 14.2 Å². The topological polar surface area (TPSA) is 83.5 Å². The van der Waals surface area contributed by atoms with Crippen LogP contribution in [0.25, 0.3) is 11.1 Å². The Morgan fingerprint density at radius 1 is 1.10 bits per heavy atom. The Labute approximate surface area is 247 Å². The molecule has 7 nitrogen and oxygen atoms in total. The molecule has 3 aromatic rings. The summed E-state index contributed by atoms with van der Waals surface area (Å²) in [5.41, 5.74) is 8.42. The average molecular weight is 571 g/mol. The minimum absolute atomic E-state index is 0.0561. The first-order valence-electron chi connectivity index (χ1n) is 14.8. The van der Waals surface area contributed by atoms with E-state index in [-0.39, 0.29) is 24.7 Å². The van der Waals surface area contributed by atoms with E-state index in [9.17, 15) is 4.79 Å². The predicted molar refractivity (Wildman–Crippen MR) is 159 cm³/mol. The maximum absolute atomic E-state index is 11.1. The molecule has 0 bridgehead atoms. The first-order chi connectivity index (χ1) is 20.4. The molecule has 0 radical (unpaired) electrons. The van der Waals surface area contributed by atoms with E-state index in [2.05, 4.69) is 43.8 Å². The second-order valence-corrected chi connectivity index (χ2v) is 11.4. The highest BCUT2D eigenvalue weighted by Gasteiger charge is 2.43. The smallest absolute Gasteiger partial charge is 0.304 e. The summed E-state index contributed by atoms with van der Waals surface area (Å²) in [5.74, 6) is 1.82. The number of ether oxygens (including phenoxy) is 5. The summed E-state index contributed by atoms with van der Waals surface area (Å²) in [7, 11) is 0. The molecule has 0 aromatic heterocycles. The van der Waals surface area contributed by atoms with E-state index in [1.807, 2.05) is 25.1 Å². The number of aliphatic carboxylic acids is 1. The zero-order valence-electron chi connectivity index (χ0n) is 24.3. The fourth-order valence-electron chi connectivity index (χ4n) is 6.44. The number of benzene rings is 3. The van der Waals surface area contributed by atoms with Gasteiger partial charge < -0.3 is 28.8 Å². The molecular formula is C35H38O7. The van der Waals surface area contributed by atoms with Crippen LogP contribution in [0.1, 0.15) is 53.5 Å². The monoisotopic (exact) mass is 570 g/mol. The van der Waals surface area contributed by atoms with E-state index in [4.69, 9.17) is 28.8 Å². The third kappa shape index (κ3) is 5.63. The third-order valence-electron chi connectivity index (χ3n) is 8.50. The Kier molecular flexibility index (Phi) is 8.22. The summed E-state index contributed by atoms with van der Waals surface area (Å²) < 4.78 is 29.8. The van der Waals surface area contributed by atoms with Crippen LogP contribution in [0.3, 0.4) is 0 Å². The van der Waals surface area contributed by atoms with Crippen molar-refractivity contribution < 1.29 is 33.6 Å². The fraction of sp³-hybridized carbons (Fsp3) is 0.400. The van der Waals surface area contributed by atoms with Crippen LogP contribution in [-0.2, 0) is 33.7 Å². The lowest BCUT2D eigenvalue weighted by atomic mass is 9.79. The second-order valence-electron chi connectivity index (χ2n) is 11.4. The Morgan fingerprint density at radius 3 is 2.71 bits per heavy atom. The zero-order valence-corrected chi connectivity index (χ0v) is 24.3. The molecule has 4 aliphatic rings. The number of allylic oxidation sites excluding steroid dienone is 1. The summed E-state index contributed by atoms with van der Waals surface area (Å²) >= 11 is 0. The van der Waals surface area contributed by atoms with Crippen molar-refractivity contribution in [2.75, 3.05) is 19.8 Å². The first kappa shape index (κ1) is 28.3. The summed E-state index contributed by atoms with van der Waals surface area (Å²) in [6.07, 6.45) is 4.85. The molecule has 220 valence electrons. The number of hydrogen-bond donors (Lipinski definition) is 1. The largest absolute Gasteiger partial charge is 0.492 e. The van der Waals surface area contributed by atoms with Crippen LogP contribution >= 0.6 is 0 Å². The molecule has 3 aromatic carbocycles. The van der Waals surface area contributed by atoms with E-state index in [0.29, 0.717) is 37.2 Å². The van der Waals surface area contributed by atoms with Gasteiger partial charge in [-0.1, -0.05) is 30.3 Å². The summed E-state index contributed by atoms with van der Waals surface area (Å²) in [5, 5.41) is 9.13. The molecule has 0 unspecified atom stereocenters. The summed E-state index contributed by atoms with van der Waals surface area (Å²) in [4.78, 5) is 11.1. The van der Waals surface area contributed by atoms with Gasteiger partial charge in [0.05, 0.1) is 32.2 Å². The second kappa shape index (κ2) is 12.2. The number of fused-ring (bicyclic) bond motifs is 3. The van der Waals surface area contributed by atoms with Crippen LogP contribution in [0.2, 0.25) is 0 Å². The van der Waals surface area contributed by atoms with Gasteiger partial charge in [0.1, 0.15) is 30.0 Å². The van der Waals surface area contributed by atoms with E-state index < -0.39 is 5.97 Å². The van der Waals surface area contributed by atoms with Crippen molar-refractivity contribution in [3.05, 3.63) is 89.0 Å². The molecular weight excluding hydrogens is 532 g/mol. The van der Waals surface area contributed by atoms with Crippen molar-refractivity contribution in [1.82, 2.24) is 0 Å². The number of carbonyl (C=O) groups is 1. The van der Waals surface area contributed by atoms with Crippen LogP contribution in [0.5, 0.6) is 17.2 Å². The van der Waals surface area contributed by atoms with Gasteiger partial charge in [0.15, 0.2) is 6.29 Å². The lowest BCUT2D eigenvalue weighted by molar-refractivity contribution is -0.137. The van der Waals surface area contributed by atoms with Crippen molar-refractivity contribution in [3.63, 3.8) is 0 Å².